The number of amides is 1. The molecule has 2 fully saturated rings. The summed E-state index contributed by atoms with van der Waals surface area (Å²) in [5, 5.41) is 6.86. The average Bonchev–Trinajstić information content (AvgIpc) is 2.95. The SMILES string of the molecule is O=C(Cn1nc(C(F)F)cc1C1CC1)NC1CCCC1. The van der Waals surface area contributed by atoms with E-state index in [1.165, 1.54) is 10.7 Å². The van der Waals surface area contributed by atoms with Crippen molar-refractivity contribution in [2.45, 2.75) is 63.5 Å². The summed E-state index contributed by atoms with van der Waals surface area (Å²) in [6.45, 7) is 0.0506. The van der Waals surface area contributed by atoms with E-state index in [0.29, 0.717) is 5.92 Å². The van der Waals surface area contributed by atoms with Crippen molar-refractivity contribution in [1.82, 2.24) is 15.1 Å². The van der Waals surface area contributed by atoms with E-state index < -0.39 is 6.43 Å². The molecule has 2 aliphatic carbocycles. The molecule has 1 amide bonds. The molecule has 1 aromatic rings. The largest absolute Gasteiger partial charge is 0.352 e. The fourth-order valence-electron chi connectivity index (χ4n) is 2.87. The molecule has 0 aliphatic heterocycles. The first-order valence-electron chi connectivity index (χ1n) is 7.28. The molecule has 0 unspecified atom stereocenters. The number of hydrogen-bond donors (Lipinski definition) is 1. The van der Waals surface area contributed by atoms with Gasteiger partial charge in [0.1, 0.15) is 12.2 Å². The predicted octanol–water partition coefficient (Wildman–Crippen LogP) is 2.76. The van der Waals surface area contributed by atoms with Gasteiger partial charge in [-0.2, -0.15) is 5.10 Å². The van der Waals surface area contributed by atoms with Crippen LogP contribution in [0.25, 0.3) is 0 Å². The lowest BCUT2D eigenvalue weighted by molar-refractivity contribution is -0.122. The van der Waals surface area contributed by atoms with Gasteiger partial charge < -0.3 is 5.32 Å². The van der Waals surface area contributed by atoms with Crippen LogP contribution in [0.2, 0.25) is 0 Å². The second-order valence-corrected chi connectivity index (χ2v) is 5.78. The number of alkyl halides is 2. The van der Waals surface area contributed by atoms with E-state index in [-0.39, 0.29) is 24.2 Å². The molecule has 3 rings (SSSR count). The third-order valence-corrected chi connectivity index (χ3v) is 4.06. The Morgan fingerprint density at radius 1 is 1.35 bits per heavy atom. The van der Waals surface area contributed by atoms with Crippen LogP contribution < -0.4 is 5.32 Å². The number of hydrogen-bond acceptors (Lipinski definition) is 2. The molecule has 0 atom stereocenters. The summed E-state index contributed by atoms with van der Waals surface area (Å²) in [7, 11) is 0. The topological polar surface area (TPSA) is 46.9 Å². The smallest absolute Gasteiger partial charge is 0.282 e. The van der Waals surface area contributed by atoms with Crippen LogP contribution >= 0.6 is 0 Å². The standard InChI is InChI=1S/C14H19F2N3O/c15-14(16)11-7-12(9-5-6-9)19(18-11)8-13(20)17-10-3-1-2-4-10/h7,9-10,14H,1-6,8H2,(H,17,20). The molecule has 2 saturated carbocycles. The van der Waals surface area contributed by atoms with Crippen molar-refractivity contribution >= 4 is 5.91 Å². The van der Waals surface area contributed by atoms with Gasteiger partial charge in [0.15, 0.2) is 0 Å². The van der Waals surface area contributed by atoms with Crippen molar-refractivity contribution in [3.63, 3.8) is 0 Å². The summed E-state index contributed by atoms with van der Waals surface area (Å²) >= 11 is 0. The summed E-state index contributed by atoms with van der Waals surface area (Å²) in [6.07, 6.45) is 3.75. The van der Waals surface area contributed by atoms with Gasteiger partial charge in [-0.1, -0.05) is 12.8 Å². The first-order valence-corrected chi connectivity index (χ1v) is 7.28. The van der Waals surface area contributed by atoms with E-state index in [2.05, 4.69) is 10.4 Å². The fraction of sp³-hybridized carbons (Fsp3) is 0.714. The molecular formula is C14H19F2N3O. The van der Waals surface area contributed by atoms with Crippen LogP contribution in [0.1, 0.15) is 62.3 Å². The summed E-state index contributed by atoms with van der Waals surface area (Å²) < 4.78 is 26.9. The minimum absolute atomic E-state index is 0.0506. The Kier molecular flexibility index (Phi) is 3.72. The highest BCUT2D eigenvalue weighted by Gasteiger charge is 2.30. The molecule has 110 valence electrons. The first-order chi connectivity index (χ1) is 9.63. The molecule has 0 spiro atoms. The van der Waals surface area contributed by atoms with Crippen LogP contribution in [0.5, 0.6) is 0 Å². The minimum Gasteiger partial charge on any atom is -0.352 e. The Bertz CT molecular complexity index is 491. The molecule has 1 heterocycles. The van der Waals surface area contributed by atoms with Crippen molar-refractivity contribution in [3.05, 3.63) is 17.5 Å². The van der Waals surface area contributed by atoms with Crippen molar-refractivity contribution in [2.24, 2.45) is 0 Å². The molecule has 1 aromatic heterocycles. The summed E-state index contributed by atoms with van der Waals surface area (Å²) in [5.41, 5.74) is 0.558. The number of aromatic nitrogens is 2. The molecule has 6 heteroatoms. The van der Waals surface area contributed by atoms with E-state index in [9.17, 15) is 13.6 Å². The normalized spacial score (nSPS) is 19.8. The molecular weight excluding hydrogens is 264 g/mol. The zero-order chi connectivity index (χ0) is 14.1. The molecule has 0 radical (unpaired) electrons. The second kappa shape index (κ2) is 5.50. The highest BCUT2D eigenvalue weighted by atomic mass is 19.3. The maximum Gasteiger partial charge on any atom is 0.282 e. The molecule has 1 N–H and O–H groups in total. The summed E-state index contributed by atoms with van der Waals surface area (Å²) in [4.78, 5) is 12.0. The molecule has 0 aromatic carbocycles. The zero-order valence-corrected chi connectivity index (χ0v) is 11.3. The minimum atomic E-state index is -2.58. The van der Waals surface area contributed by atoms with Crippen LogP contribution in [0.4, 0.5) is 8.78 Å². The van der Waals surface area contributed by atoms with Gasteiger partial charge in [-0.3, -0.25) is 9.48 Å². The predicted molar refractivity (Wildman–Crippen MR) is 69.6 cm³/mol. The van der Waals surface area contributed by atoms with Crippen LogP contribution in [-0.4, -0.2) is 21.7 Å². The lowest BCUT2D eigenvalue weighted by atomic mass is 10.2. The molecule has 0 bridgehead atoms. The Labute approximate surface area is 116 Å². The Balaban J connectivity index is 1.67. The Hall–Kier alpha value is -1.46. The number of nitrogens with one attached hydrogen (secondary N) is 1. The molecule has 2 aliphatic rings. The highest BCUT2D eigenvalue weighted by molar-refractivity contribution is 5.76. The van der Waals surface area contributed by atoms with E-state index >= 15 is 0 Å². The van der Waals surface area contributed by atoms with Gasteiger partial charge in [-0.05, 0) is 31.7 Å². The van der Waals surface area contributed by atoms with Gasteiger partial charge >= 0.3 is 0 Å². The van der Waals surface area contributed by atoms with Gasteiger partial charge in [0.25, 0.3) is 6.43 Å². The zero-order valence-electron chi connectivity index (χ0n) is 11.3. The quantitative estimate of drug-likeness (QED) is 0.903. The highest BCUT2D eigenvalue weighted by Crippen LogP contribution is 2.41. The van der Waals surface area contributed by atoms with Gasteiger partial charge in [0.05, 0.1) is 0 Å². The van der Waals surface area contributed by atoms with Crippen molar-refractivity contribution in [1.29, 1.82) is 0 Å². The maximum absolute atomic E-state index is 12.7. The van der Waals surface area contributed by atoms with Crippen LogP contribution in [0.3, 0.4) is 0 Å². The van der Waals surface area contributed by atoms with Gasteiger partial charge in [0.2, 0.25) is 5.91 Å². The maximum atomic E-state index is 12.7. The van der Waals surface area contributed by atoms with Crippen molar-refractivity contribution in [3.8, 4) is 0 Å². The third kappa shape index (κ3) is 2.99. The van der Waals surface area contributed by atoms with Crippen molar-refractivity contribution < 1.29 is 13.6 Å². The monoisotopic (exact) mass is 283 g/mol. The number of carbonyl (C=O) groups excluding carboxylic acids is 1. The Morgan fingerprint density at radius 3 is 2.65 bits per heavy atom. The molecule has 0 saturated heterocycles. The van der Waals surface area contributed by atoms with E-state index in [4.69, 9.17) is 0 Å². The van der Waals surface area contributed by atoms with E-state index in [1.807, 2.05) is 0 Å². The average molecular weight is 283 g/mol. The fourth-order valence-corrected chi connectivity index (χ4v) is 2.87. The summed E-state index contributed by atoms with van der Waals surface area (Å²) in [5.74, 6) is 0.178. The van der Waals surface area contributed by atoms with E-state index in [0.717, 1.165) is 44.2 Å². The lowest BCUT2D eigenvalue weighted by Gasteiger charge is -2.13. The van der Waals surface area contributed by atoms with Crippen LogP contribution in [-0.2, 0) is 11.3 Å². The van der Waals surface area contributed by atoms with Crippen molar-refractivity contribution in [2.75, 3.05) is 0 Å². The number of halogens is 2. The first kappa shape index (κ1) is 13.5. The van der Waals surface area contributed by atoms with Crippen LogP contribution in [0, 0.1) is 0 Å². The number of nitrogens with zero attached hydrogens (tertiary/aromatic N) is 2. The Morgan fingerprint density at radius 2 is 2.05 bits per heavy atom. The van der Waals surface area contributed by atoms with Gasteiger partial charge in [-0.25, -0.2) is 8.78 Å². The van der Waals surface area contributed by atoms with E-state index in [1.54, 1.807) is 0 Å². The lowest BCUT2D eigenvalue weighted by Crippen LogP contribution is -2.35. The molecule has 20 heavy (non-hydrogen) atoms. The van der Waals surface area contributed by atoms with Crippen LogP contribution in [0.15, 0.2) is 6.07 Å². The number of carbonyl (C=O) groups is 1. The summed E-state index contributed by atoms with van der Waals surface area (Å²) in [6, 6.07) is 1.70. The molecule has 4 nitrogen and oxygen atoms in total. The number of rotatable bonds is 5. The van der Waals surface area contributed by atoms with Gasteiger partial charge in [-0.15, -0.1) is 0 Å². The van der Waals surface area contributed by atoms with Gasteiger partial charge in [0, 0.05) is 17.7 Å². The third-order valence-electron chi connectivity index (χ3n) is 4.06. The second-order valence-electron chi connectivity index (χ2n) is 5.78.